The first-order chi connectivity index (χ1) is 11.5. The number of hydrogen-bond donors (Lipinski definition) is 1. The lowest BCUT2D eigenvalue weighted by molar-refractivity contribution is -0.121. The fourth-order valence-electron chi connectivity index (χ4n) is 2.78. The number of anilines is 1. The lowest BCUT2D eigenvalue weighted by Gasteiger charge is -2.23. The summed E-state index contributed by atoms with van der Waals surface area (Å²) < 4.78 is 48.2. The third kappa shape index (κ3) is 5.43. The highest BCUT2D eigenvalue weighted by molar-refractivity contribution is 7.92. The molecule has 0 radical (unpaired) electrons. The van der Waals surface area contributed by atoms with Gasteiger partial charge in [-0.3, -0.25) is 9.10 Å². The highest BCUT2D eigenvalue weighted by Gasteiger charge is 2.29. The number of hydrogen-bond acceptors (Lipinski definition) is 5. The monoisotopic (exact) mass is 388 g/mol. The number of aryl methyl sites for hydroxylation is 2. The van der Waals surface area contributed by atoms with Gasteiger partial charge >= 0.3 is 0 Å². The molecule has 1 atom stereocenters. The standard InChI is InChI=1S/C16H24N2O5S2/c1-12-4-5-15(10-13(12)2)18(24(3,20)21)8-6-16(19)17-14-7-9-25(22,23)11-14/h4-5,10,14H,6-9,11H2,1-3H3,(H,17,19). The molecule has 1 aliphatic heterocycles. The molecule has 25 heavy (non-hydrogen) atoms. The van der Waals surface area contributed by atoms with E-state index >= 15 is 0 Å². The number of rotatable bonds is 6. The van der Waals surface area contributed by atoms with Gasteiger partial charge in [0.15, 0.2) is 9.84 Å². The Morgan fingerprint density at radius 1 is 1.28 bits per heavy atom. The zero-order valence-electron chi connectivity index (χ0n) is 14.6. The highest BCUT2D eigenvalue weighted by Crippen LogP contribution is 2.21. The number of sulfone groups is 1. The van der Waals surface area contributed by atoms with Gasteiger partial charge in [0.2, 0.25) is 15.9 Å². The van der Waals surface area contributed by atoms with Gasteiger partial charge < -0.3 is 5.32 Å². The van der Waals surface area contributed by atoms with Crippen molar-refractivity contribution >= 4 is 31.5 Å². The topological polar surface area (TPSA) is 101 Å². The lowest BCUT2D eigenvalue weighted by atomic mass is 10.1. The summed E-state index contributed by atoms with van der Waals surface area (Å²) in [5.74, 6) is -0.318. The van der Waals surface area contributed by atoms with Crippen LogP contribution in [0.3, 0.4) is 0 Å². The summed E-state index contributed by atoms with van der Waals surface area (Å²) in [7, 11) is -6.60. The summed E-state index contributed by atoms with van der Waals surface area (Å²) in [5, 5.41) is 2.67. The maximum absolute atomic E-state index is 12.1. The first-order valence-corrected chi connectivity index (χ1v) is 11.7. The zero-order chi connectivity index (χ0) is 18.8. The minimum Gasteiger partial charge on any atom is -0.352 e. The van der Waals surface area contributed by atoms with E-state index < -0.39 is 19.9 Å². The molecule has 140 valence electrons. The van der Waals surface area contributed by atoms with Crippen molar-refractivity contribution in [1.29, 1.82) is 0 Å². The highest BCUT2D eigenvalue weighted by atomic mass is 32.2. The summed E-state index contributed by atoms with van der Waals surface area (Å²) in [6, 6.07) is 4.94. The molecule has 1 N–H and O–H groups in total. The van der Waals surface area contributed by atoms with Crippen LogP contribution in [-0.2, 0) is 24.7 Å². The summed E-state index contributed by atoms with van der Waals surface area (Å²) >= 11 is 0. The Hall–Kier alpha value is -1.61. The smallest absolute Gasteiger partial charge is 0.232 e. The fourth-order valence-corrected chi connectivity index (χ4v) is 5.37. The molecule has 0 bridgehead atoms. The van der Waals surface area contributed by atoms with E-state index in [4.69, 9.17) is 0 Å². The quantitative estimate of drug-likeness (QED) is 0.775. The third-order valence-electron chi connectivity index (χ3n) is 4.32. The number of sulfonamides is 1. The van der Waals surface area contributed by atoms with E-state index in [1.54, 1.807) is 12.1 Å². The van der Waals surface area contributed by atoms with Crippen molar-refractivity contribution in [3.05, 3.63) is 29.3 Å². The Morgan fingerprint density at radius 2 is 1.96 bits per heavy atom. The molecule has 0 aromatic heterocycles. The number of amides is 1. The zero-order valence-corrected chi connectivity index (χ0v) is 16.3. The van der Waals surface area contributed by atoms with Gasteiger partial charge in [-0.1, -0.05) is 6.07 Å². The molecule has 1 aliphatic rings. The molecule has 9 heteroatoms. The maximum Gasteiger partial charge on any atom is 0.232 e. The molecule has 1 heterocycles. The average molecular weight is 389 g/mol. The molecule has 1 aromatic carbocycles. The van der Waals surface area contributed by atoms with Crippen molar-refractivity contribution in [3.8, 4) is 0 Å². The van der Waals surface area contributed by atoms with Crippen LogP contribution in [0.15, 0.2) is 18.2 Å². The van der Waals surface area contributed by atoms with Crippen LogP contribution in [0, 0.1) is 13.8 Å². The average Bonchev–Trinajstić information content (AvgIpc) is 2.80. The van der Waals surface area contributed by atoms with E-state index in [9.17, 15) is 21.6 Å². The molecule has 1 amide bonds. The van der Waals surface area contributed by atoms with Gasteiger partial charge in [0.1, 0.15) is 0 Å². The van der Waals surface area contributed by atoms with Gasteiger partial charge in [-0.25, -0.2) is 16.8 Å². The van der Waals surface area contributed by atoms with Gasteiger partial charge in [0.05, 0.1) is 23.4 Å². The Bertz CT molecular complexity index is 863. The predicted molar refractivity (Wildman–Crippen MR) is 97.9 cm³/mol. The molecule has 0 spiro atoms. The second kappa shape index (κ2) is 7.33. The lowest BCUT2D eigenvalue weighted by Crippen LogP contribution is -2.39. The molecule has 0 saturated carbocycles. The Morgan fingerprint density at radius 3 is 2.48 bits per heavy atom. The van der Waals surface area contributed by atoms with Crippen LogP contribution in [0.25, 0.3) is 0 Å². The second-order valence-electron chi connectivity index (χ2n) is 6.52. The van der Waals surface area contributed by atoms with Crippen LogP contribution in [0.1, 0.15) is 24.0 Å². The molecular formula is C16H24N2O5S2. The molecular weight excluding hydrogens is 364 g/mol. The van der Waals surface area contributed by atoms with Crippen LogP contribution in [0.5, 0.6) is 0 Å². The molecule has 1 aromatic rings. The molecule has 7 nitrogen and oxygen atoms in total. The number of benzene rings is 1. The van der Waals surface area contributed by atoms with E-state index in [2.05, 4.69) is 5.32 Å². The molecule has 0 aliphatic carbocycles. The van der Waals surface area contributed by atoms with E-state index in [-0.39, 0.29) is 36.4 Å². The minimum atomic E-state index is -3.53. The van der Waals surface area contributed by atoms with Crippen molar-refractivity contribution in [3.63, 3.8) is 0 Å². The first-order valence-electron chi connectivity index (χ1n) is 8.03. The number of carbonyl (C=O) groups excluding carboxylic acids is 1. The molecule has 1 saturated heterocycles. The van der Waals surface area contributed by atoms with Crippen molar-refractivity contribution in [2.24, 2.45) is 0 Å². The third-order valence-corrected chi connectivity index (χ3v) is 7.28. The van der Waals surface area contributed by atoms with Gasteiger partial charge in [-0.15, -0.1) is 0 Å². The number of carbonyl (C=O) groups is 1. The summed E-state index contributed by atoms with van der Waals surface area (Å²) in [4.78, 5) is 12.1. The van der Waals surface area contributed by atoms with Crippen LogP contribution in [0.4, 0.5) is 5.69 Å². The van der Waals surface area contributed by atoms with Gasteiger partial charge in [0, 0.05) is 19.0 Å². The maximum atomic E-state index is 12.1. The molecule has 1 unspecified atom stereocenters. The summed E-state index contributed by atoms with van der Waals surface area (Å²) in [6.07, 6.45) is 1.47. The van der Waals surface area contributed by atoms with E-state index in [1.807, 2.05) is 19.9 Å². The second-order valence-corrected chi connectivity index (χ2v) is 10.7. The van der Waals surface area contributed by atoms with Crippen LogP contribution in [-0.4, -0.2) is 53.1 Å². The number of nitrogens with zero attached hydrogens (tertiary/aromatic N) is 1. The molecule has 2 rings (SSSR count). The number of nitrogens with one attached hydrogen (secondary N) is 1. The largest absolute Gasteiger partial charge is 0.352 e. The Balaban J connectivity index is 2.03. The van der Waals surface area contributed by atoms with Crippen molar-refractivity contribution in [1.82, 2.24) is 5.32 Å². The Labute approximate surface area is 149 Å². The van der Waals surface area contributed by atoms with Gasteiger partial charge in [0.25, 0.3) is 0 Å². The van der Waals surface area contributed by atoms with Crippen molar-refractivity contribution in [2.45, 2.75) is 32.7 Å². The van der Waals surface area contributed by atoms with Crippen molar-refractivity contribution < 1.29 is 21.6 Å². The SMILES string of the molecule is Cc1ccc(N(CCC(=O)NC2CCS(=O)(=O)C2)S(C)(=O)=O)cc1C. The van der Waals surface area contributed by atoms with E-state index in [1.165, 1.54) is 4.31 Å². The van der Waals surface area contributed by atoms with Crippen LogP contribution >= 0.6 is 0 Å². The Kier molecular flexibility index (Phi) is 5.78. The minimum absolute atomic E-state index is 0.00658. The predicted octanol–water partition coefficient (Wildman–Crippen LogP) is 0.763. The van der Waals surface area contributed by atoms with Crippen LogP contribution < -0.4 is 9.62 Å². The van der Waals surface area contributed by atoms with Crippen molar-refractivity contribution in [2.75, 3.05) is 28.6 Å². The van der Waals surface area contributed by atoms with E-state index in [0.717, 1.165) is 17.4 Å². The van der Waals surface area contributed by atoms with Gasteiger partial charge in [-0.2, -0.15) is 0 Å². The summed E-state index contributed by atoms with van der Waals surface area (Å²) in [6.45, 7) is 3.84. The molecule has 1 fully saturated rings. The first kappa shape index (κ1) is 19.7. The fraction of sp³-hybridized carbons (Fsp3) is 0.562. The van der Waals surface area contributed by atoms with E-state index in [0.29, 0.717) is 12.1 Å². The normalized spacial score (nSPS) is 19.6. The van der Waals surface area contributed by atoms with Gasteiger partial charge in [-0.05, 0) is 43.5 Å². The summed E-state index contributed by atoms with van der Waals surface area (Å²) in [5.41, 5.74) is 2.53. The van der Waals surface area contributed by atoms with Crippen LogP contribution in [0.2, 0.25) is 0 Å².